The molecule has 1 heterocycles. The Labute approximate surface area is 111 Å². The number of ketones is 1. The first kappa shape index (κ1) is 13.3. The van der Waals surface area contributed by atoms with Crippen LogP contribution in [0.25, 0.3) is 0 Å². The number of anilines is 1. The standard InChI is InChI=1S/C14H16N2O3/c1-10(18)15-6-4-14(19)12-2-3-13-11(8-12)5-7-16(13)9-17/h2-3,8-9H,4-7H2,1H3,(H,15,18). The quantitative estimate of drug-likeness (QED) is 0.632. The first-order valence-corrected chi connectivity index (χ1v) is 6.24. The smallest absolute Gasteiger partial charge is 0.216 e. The van der Waals surface area contributed by atoms with Crippen LogP contribution in [0.1, 0.15) is 29.3 Å². The fourth-order valence-corrected chi connectivity index (χ4v) is 2.21. The molecule has 0 atom stereocenters. The number of rotatable bonds is 5. The molecule has 0 fully saturated rings. The number of carbonyl (C=O) groups excluding carboxylic acids is 3. The minimum atomic E-state index is -0.136. The summed E-state index contributed by atoms with van der Waals surface area (Å²) in [6.45, 7) is 2.45. The Bertz CT molecular complexity index is 525. The van der Waals surface area contributed by atoms with Gasteiger partial charge < -0.3 is 10.2 Å². The summed E-state index contributed by atoms with van der Waals surface area (Å²) in [5.74, 6) is -0.135. The molecule has 5 nitrogen and oxygen atoms in total. The van der Waals surface area contributed by atoms with E-state index in [0.29, 0.717) is 18.7 Å². The Morgan fingerprint density at radius 3 is 2.89 bits per heavy atom. The van der Waals surface area contributed by atoms with E-state index in [9.17, 15) is 14.4 Å². The highest BCUT2D eigenvalue weighted by Gasteiger charge is 2.19. The SMILES string of the molecule is CC(=O)NCCC(=O)c1ccc2c(c1)CCN2C=O. The van der Waals surface area contributed by atoms with Crippen molar-refractivity contribution in [3.8, 4) is 0 Å². The van der Waals surface area contributed by atoms with E-state index >= 15 is 0 Å². The highest BCUT2D eigenvalue weighted by molar-refractivity contribution is 5.97. The zero-order chi connectivity index (χ0) is 13.8. The van der Waals surface area contributed by atoms with Gasteiger partial charge in [-0.05, 0) is 30.2 Å². The molecule has 0 saturated heterocycles. The lowest BCUT2D eigenvalue weighted by atomic mass is 10.0. The summed E-state index contributed by atoms with van der Waals surface area (Å²) in [5, 5.41) is 2.60. The van der Waals surface area contributed by atoms with Crippen molar-refractivity contribution in [2.24, 2.45) is 0 Å². The third-order valence-corrected chi connectivity index (χ3v) is 3.19. The molecule has 0 bridgehead atoms. The van der Waals surface area contributed by atoms with Crippen molar-refractivity contribution >= 4 is 23.8 Å². The Balaban J connectivity index is 2.04. The number of fused-ring (bicyclic) bond motifs is 1. The number of carbonyl (C=O) groups is 3. The topological polar surface area (TPSA) is 66.5 Å². The molecule has 1 aliphatic heterocycles. The fourth-order valence-electron chi connectivity index (χ4n) is 2.21. The summed E-state index contributed by atoms with van der Waals surface area (Å²) in [4.78, 5) is 35.1. The van der Waals surface area contributed by atoms with Gasteiger partial charge in [-0.25, -0.2) is 0 Å². The van der Waals surface area contributed by atoms with E-state index < -0.39 is 0 Å². The number of hydrogen-bond donors (Lipinski definition) is 1. The van der Waals surface area contributed by atoms with Gasteiger partial charge in [-0.15, -0.1) is 0 Å². The predicted octanol–water partition coefficient (Wildman–Crippen LogP) is 0.914. The molecule has 1 aliphatic rings. The van der Waals surface area contributed by atoms with Crippen LogP contribution in [-0.4, -0.2) is 31.2 Å². The van der Waals surface area contributed by atoms with Crippen LogP contribution in [0.5, 0.6) is 0 Å². The largest absolute Gasteiger partial charge is 0.356 e. The minimum Gasteiger partial charge on any atom is -0.356 e. The molecule has 0 spiro atoms. The zero-order valence-electron chi connectivity index (χ0n) is 10.8. The number of nitrogens with zero attached hydrogens (tertiary/aromatic N) is 1. The van der Waals surface area contributed by atoms with Gasteiger partial charge in [0.25, 0.3) is 0 Å². The van der Waals surface area contributed by atoms with Crippen LogP contribution < -0.4 is 10.2 Å². The van der Waals surface area contributed by atoms with Crippen LogP contribution in [0, 0.1) is 0 Å². The van der Waals surface area contributed by atoms with Gasteiger partial charge in [-0.3, -0.25) is 14.4 Å². The van der Waals surface area contributed by atoms with Crippen LogP contribution in [-0.2, 0) is 16.0 Å². The molecule has 0 unspecified atom stereocenters. The second-order valence-corrected chi connectivity index (χ2v) is 4.55. The summed E-state index contributed by atoms with van der Waals surface area (Å²) < 4.78 is 0. The van der Waals surface area contributed by atoms with Gasteiger partial charge >= 0.3 is 0 Å². The molecular formula is C14H16N2O3. The lowest BCUT2D eigenvalue weighted by Gasteiger charge is -2.10. The summed E-state index contributed by atoms with van der Waals surface area (Å²) in [5.41, 5.74) is 2.54. The number of amides is 2. The van der Waals surface area contributed by atoms with Crippen molar-refractivity contribution in [3.05, 3.63) is 29.3 Å². The molecule has 1 aromatic carbocycles. The first-order chi connectivity index (χ1) is 9.11. The average molecular weight is 260 g/mol. The summed E-state index contributed by atoms with van der Waals surface area (Å²) in [6.07, 6.45) is 1.88. The summed E-state index contributed by atoms with van der Waals surface area (Å²) in [7, 11) is 0. The van der Waals surface area contributed by atoms with Crippen LogP contribution in [0.15, 0.2) is 18.2 Å². The van der Waals surface area contributed by atoms with Crippen LogP contribution in [0.3, 0.4) is 0 Å². The maximum Gasteiger partial charge on any atom is 0.216 e. The number of hydrogen-bond acceptors (Lipinski definition) is 3. The second-order valence-electron chi connectivity index (χ2n) is 4.55. The molecule has 2 rings (SSSR count). The molecule has 0 saturated carbocycles. The van der Waals surface area contributed by atoms with Crippen molar-refractivity contribution < 1.29 is 14.4 Å². The lowest BCUT2D eigenvalue weighted by molar-refractivity contribution is -0.118. The Morgan fingerprint density at radius 2 is 2.21 bits per heavy atom. The molecule has 0 radical (unpaired) electrons. The highest BCUT2D eigenvalue weighted by Crippen LogP contribution is 2.27. The monoisotopic (exact) mass is 260 g/mol. The Kier molecular flexibility index (Phi) is 3.94. The minimum absolute atomic E-state index is 0.00102. The van der Waals surface area contributed by atoms with Gasteiger partial charge in [-0.1, -0.05) is 0 Å². The van der Waals surface area contributed by atoms with Crippen LogP contribution in [0.2, 0.25) is 0 Å². The maximum absolute atomic E-state index is 11.9. The van der Waals surface area contributed by atoms with E-state index in [1.165, 1.54) is 6.92 Å². The van der Waals surface area contributed by atoms with E-state index in [4.69, 9.17) is 0 Å². The molecule has 5 heteroatoms. The molecule has 2 amide bonds. The Morgan fingerprint density at radius 1 is 1.42 bits per heavy atom. The highest BCUT2D eigenvalue weighted by atomic mass is 16.1. The van der Waals surface area contributed by atoms with Gasteiger partial charge in [0.2, 0.25) is 12.3 Å². The van der Waals surface area contributed by atoms with Crippen molar-refractivity contribution in [2.75, 3.05) is 18.0 Å². The van der Waals surface area contributed by atoms with Gasteiger partial charge in [0.05, 0.1) is 0 Å². The van der Waals surface area contributed by atoms with Gasteiger partial charge in [0.1, 0.15) is 0 Å². The van der Waals surface area contributed by atoms with E-state index in [1.54, 1.807) is 11.0 Å². The summed E-state index contributed by atoms with van der Waals surface area (Å²) in [6, 6.07) is 5.38. The molecular weight excluding hydrogens is 244 g/mol. The van der Waals surface area contributed by atoms with Gasteiger partial charge in [0.15, 0.2) is 5.78 Å². The zero-order valence-corrected chi connectivity index (χ0v) is 10.8. The lowest BCUT2D eigenvalue weighted by Crippen LogP contribution is -2.23. The van der Waals surface area contributed by atoms with E-state index in [2.05, 4.69) is 5.32 Å². The second kappa shape index (κ2) is 5.65. The third-order valence-electron chi connectivity index (χ3n) is 3.19. The third kappa shape index (κ3) is 2.99. The van der Waals surface area contributed by atoms with Gasteiger partial charge in [-0.2, -0.15) is 0 Å². The Hall–Kier alpha value is -2.17. The average Bonchev–Trinajstić information content (AvgIpc) is 2.80. The fraction of sp³-hybridized carbons (Fsp3) is 0.357. The maximum atomic E-state index is 11.9. The number of benzene rings is 1. The van der Waals surface area contributed by atoms with Gasteiger partial charge in [0, 0.05) is 37.7 Å². The number of Topliss-reactive ketones (excluding diaryl/α,β-unsaturated/α-hetero) is 1. The molecule has 19 heavy (non-hydrogen) atoms. The van der Waals surface area contributed by atoms with E-state index in [1.807, 2.05) is 12.1 Å². The van der Waals surface area contributed by atoms with Crippen molar-refractivity contribution in [3.63, 3.8) is 0 Å². The molecule has 1 aromatic rings. The normalized spacial score (nSPS) is 13.0. The number of nitrogens with one attached hydrogen (secondary N) is 1. The molecule has 0 aromatic heterocycles. The van der Waals surface area contributed by atoms with Crippen molar-refractivity contribution in [1.82, 2.24) is 5.32 Å². The molecule has 0 aliphatic carbocycles. The first-order valence-electron chi connectivity index (χ1n) is 6.24. The summed E-state index contributed by atoms with van der Waals surface area (Å²) >= 11 is 0. The van der Waals surface area contributed by atoms with Crippen molar-refractivity contribution in [2.45, 2.75) is 19.8 Å². The van der Waals surface area contributed by atoms with E-state index in [-0.39, 0.29) is 18.1 Å². The van der Waals surface area contributed by atoms with Crippen LogP contribution >= 0.6 is 0 Å². The van der Waals surface area contributed by atoms with E-state index in [0.717, 1.165) is 24.1 Å². The molecule has 1 N–H and O–H groups in total. The van der Waals surface area contributed by atoms with Crippen molar-refractivity contribution in [1.29, 1.82) is 0 Å². The molecule has 100 valence electrons. The predicted molar refractivity (Wildman–Crippen MR) is 71.2 cm³/mol. The van der Waals surface area contributed by atoms with Crippen LogP contribution in [0.4, 0.5) is 5.69 Å².